The molecule has 0 aliphatic heterocycles. The number of hydrogen-bond acceptors (Lipinski definition) is 2. The monoisotopic (exact) mass is 478 g/mol. The molecule has 0 aliphatic carbocycles. The highest BCUT2D eigenvalue weighted by Gasteiger charge is 2.26. The number of phenols is 1. The quantitative estimate of drug-likeness (QED) is 0.280. The zero-order valence-corrected chi connectivity index (χ0v) is 23.2. The van der Waals surface area contributed by atoms with Crippen LogP contribution in [0.15, 0.2) is 36.4 Å². The molecule has 35 heavy (non-hydrogen) atoms. The van der Waals surface area contributed by atoms with Gasteiger partial charge < -0.3 is 15.3 Å². The zero-order chi connectivity index (χ0) is 26.2. The van der Waals surface area contributed by atoms with Crippen LogP contribution in [-0.4, -0.2) is 29.6 Å². The van der Waals surface area contributed by atoms with Gasteiger partial charge in [0.05, 0.1) is 0 Å². The van der Waals surface area contributed by atoms with Gasteiger partial charge >= 0.3 is 6.03 Å². The van der Waals surface area contributed by atoms with Crippen LogP contribution in [0.4, 0.5) is 10.5 Å². The number of para-hydroxylation sites is 1. The number of urea groups is 1. The fraction of sp³-hybridized carbons (Fsp3) is 0.516. The van der Waals surface area contributed by atoms with Crippen LogP contribution in [-0.2, 0) is 10.8 Å². The van der Waals surface area contributed by atoms with Gasteiger partial charge in [0.1, 0.15) is 5.75 Å². The lowest BCUT2D eigenvalue weighted by molar-refractivity contribution is 0.221. The maximum Gasteiger partial charge on any atom is 0.321 e. The minimum absolute atomic E-state index is 0.0870. The first-order valence-electron chi connectivity index (χ1n) is 13.0. The molecule has 0 radical (unpaired) electrons. The molecule has 0 atom stereocenters. The van der Waals surface area contributed by atoms with E-state index in [1.165, 1.54) is 19.3 Å². The minimum atomic E-state index is -0.180. The number of aromatic hydroxyl groups is 1. The van der Waals surface area contributed by atoms with Crippen molar-refractivity contribution in [3.05, 3.63) is 58.7 Å². The highest BCUT2D eigenvalue weighted by molar-refractivity contribution is 5.92. The number of unbranched alkanes of at least 4 members (excludes halogenated alkanes) is 4. The van der Waals surface area contributed by atoms with Crippen LogP contribution in [0, 0.1) is 0 Å². The Labute approximate surface area is 213 Å². The van der Waals surface area contributed by atoms with E-state index in [4.69, 9.17) is 0 Å². The Kier molecular flexibility index (Phi) is 10.00. The third kappa shape index (κ3) is 8.45. The fourth-order valence-electron chi connectivity index (χ4n) is 4.10. The number of benzene rings is 2. The summed E-state index contributed by atoms with van der Waals surface area (Å²) in [5, 5.41) is 14.1. The van der Waals surface area contributed by atoms with Gasteiger partial charge in [-0.05, 0) is 46.6 Å². The second-order valence-electron chi connectivity index (χ2n) is 11.7. The summed E-state index contributed by atoms with van der Waals surface area (Å²) >= 11 is 0. The van der Waals surface area contributed by atoms with E-state index < -0.39 is 0 Å². The van der Waals surface area contributed by atoms with Crippen molar-refractivity contribution in [3.8, 4) is 5.75 Å². The molecule has 0 spiro atoms. The van der Waals surface area contributed by atoms with Crippen LogP contribution in [0.2, 0.25) is 0 Å². The molecule has 0 unspecified atom stereocenters. The number of hydrogen-bond donors (Lipinski definition) is 2. The third-order valence-electron chi connectivity index (χ3n) is 6.35. The van der Waals surface area contributed by atoms with Crippen molar-refractivity contribution in [2.24, 2.45) is 0 Å². The Morgan fingerprint density at radius 1 is 0.914 bits per heavy atom. The number of rotatable bonds is 9. The van der Waals surface area contributed by atoms with Gasteiger partial charge in [-0.15, -0.1) is 0 Å². The van der Waals surface area contributed by atoms with Crippen molar-refractivity contribution < 1.29 is 9.90 Å². The van der Waals surface area contributed by atoms with Crippen LogP contribution in [0.1, 0.15) is 103 Å². The molecule has 192 valence electrons. The maximum atomic E-state index is 12.8. The molecule has 0 fully saturated rings. The van der Waals surface area contributed by atoms with Gasteiger partial charge in [0.15, 0.2) is 0 Å². The molecule has 2 aromatic carbocycles. The van der Waals surface area contributed by atoms with Crippen molar-refractivity contribution in [2.75, 3.05) is 18.9 Å². The molecule has 2 rings (SSSR count). The molecule has 0 heterocycles. The van der Waals surface area contributed by atoms with Gasteiger partial charge in [-0.1, -0.05) is 105 Å². The summed E-state index contributed by atoms with van der Waals surface area (Å²) in [6.45, 7) is 15.7. The molecule has 2 amide bonds. The van der Waals surface area contributed by atoms with Crippen LogP contribution in [0.3, 0.4) is 0 Å². The summed E-state index contributed by atoms with van der Waals surface area (Å²) in [4.78, 5) is 14.5. The SMILES string of the molecule is CCCCCCCN(C)C(=O)Nc1ccccc1/C=C/c1cc(C(C)(C)C)c(O)c(C(C)(C)C)c1. The predicted molar refractivity (Wildman–Crippen MR) is 151 cm³/mol. The average Bonchev–Trinajstić information content (AvgIpc) is 2.77. The van der Waals surface area contributed by atoms with Gasteiger partial charge in [0.2, 0.25) is 0 Å². The molecule has 0 bridgehead atoms. The van der Waals surface area contributed by atoms with Crippen molar-refractivity contribution in [1.29, 1.82) is 0 Å². The van der Waals surface area contributed by atoms with E-state index in [-0.39, 0.29) is 16.9 Å². The molecular formula is C31H46N2O2. The van der Waals surface area contributed by atoms with E-state index in [0.717, 1.165) is 47.3 Å². The first kappa shape index (κ1) is 28.5. The van der Waals surface area contributed by atoms with Crippen molar-refractivity contribution in [2.45, 2.75) is 91.4 Å². The predicted octanol–water partition coefficient (Wildman–Crippen LogP) is 8.59. The first-order valence-corrected chi connectivity index (χ1v) is 13.0. The zero-order valence-electron chi connectivity index (χ0n) is 23.2. The van der Waals surface area contributed by atoms with Crippen LogP contribution >= 0.6 is 0 Å². The summed E-state index contributed by atoms with van der Waals surface area (Å²) in [6.07, 6.45) is 9.98. The summed E-state index contributed by atoms with van der Waals surface area (Å²) in [7, 11) is 1.85. The molecule has 0 saturated carbocycles. The van der Waals surface area contributed by atoms with Crippen LogP contribution in [0.5, 0.6) is 5.75 Å². The topological polar surface area (TPSA) is 52.6 Å². The molecule has 0 aliphatic rings. The van der Waals surface area contributed by atoms with Crippen molar-refractivity contribution >= 4 is 23.9 Å². The highest BCUT2D eigenvalue weighted by Crippen LogP contribution is 2.40. The summed E-state index contributed by atoms with van der Waals surface area (Å²) in [6, 6.07) is 11.9. The van der Waals surface area contributed by atoms with Gasteiger partial charge in [-0.3, -0.25) is 0 Å². The molecule has 0 saturated heterocycles. The first-order chi connectivity index (χ1) is 16.3. The lowest BCUT2D eigenvalue weighted by Gasteiger charge is -2.27. The van der Waals surface area contributed by atoms with Gasteiger partial charge in [-0.25, -0.2) is 4.79 Å². The van der Waals surface area contributed by atoms with Crippen molar-refractivity contribution in [3.63, 3.8) is 0 Å². The standard InChI is InChI=1S/C31H46N2O2/c1-9-10-11-12-15-20-33(8)29(35)32-27-17-14-13-16-24(27)19-18-23-21-25(30(2,3)4)28(34)26(22-23)31(5,6)7/h13-14,16-19,21-22,34H,9-12,15,20H2,1-8H3,(H,32,35)/b19-18+. The average molecular weight is 479 g/mol. The minimum Gasteiger partial charge on any atom is -0.507 e. The number of carbonyl (C=O) groups is 1. The second-order valence-corrected chi connectivity index (χ2v) is 11.7. The van der Waals surface area contributed by atoms with Crippen LogP contribution < -0.4 is 5.32 Å². The van der Waals surface area contributed by atoms with E-state index in [2.05, 4.69) is 72.0 Å². The van der Waals surface area contributed by atoms with Crippen LogP contribution in [0.25, 0.3) is 12.2 Å². The molecule has 0 aromatic heterocycles. The van der Waals surface area contributed by atoms with Gasteiger partial charge in [-0.2, -0.15) is 0 Å². The summed E-state index contributed by atoms with van der Waals surface area (Å²) < 4.78 is 0. The molecule has 2 N–H and O–H groups in total. The lowest BCUT2D eigenvalue weighted by Crippen LogP contribution is -2.32. The normalized spacial score (nSPS) is 12.2. The smallest absolute Gasteiger partial charge is 0.321 e. The van der Waals surface area contributed by atoms with Gasteiger partial charge in [0, 0.05) is 30.4 Å². The van der Waals surface area contributed by atoms with Gasteiger partial charge in [0.25, 0.3) is 0 Å². The summed E-state index contributed by atoms with van der Waals surface area (Å²) in [5.74, 6) is 0.382. The second kappa shape index (κ2) is 12.3. The summed E-state index contributed by atoms with van der Waals surface area (Å²) in [5.41, 5.74) is 4.28. The third-order valence-corrected chi connectivity index (χ3v) is 6.35. The molecule has 2 aromatic rings. The fourth-order valence-corrected chi connectivity index (χ4v) is 4.10. The molecular weight excluding hydrogens is 432 g/mol. The largest absolute Gasteiger partial charge is 0.507 e. The van der Waals surface area contributed by atoms with E-state index >= 15 is 0 Å². The number of amides is 2. The maximum absolute atomic E-state index is 12.8. The molecule has 4 heteroatoms. The molecule has 4 nitrogen and oxygen atoms in total. The number of nitrogens with zero attached hydrogens (tertiary/aromatic N) is 1. The van der Waals surface area contributed by atoms with E-state index in [1.54, 1.807) is 4.90 Å². The van der Waals surface area contributed by atoms with E-state index in [9.17, 15) is 9.90 Å². The highest BCUT2D eigenvalue weighted by atomic mass is 16.3. The lowest BCUT2D eigenvalue weighted by atomic mass is 9.78. The van der Waals surface area contributed by atoms with E-state index in [1.807, 2.05) is 37.4 Å². The Balaban J connectivity index is 2.24. The Morgan fingerprint density at radius 2 is 1.49 bits per heavy atom. The van der Waals surface area contributed by atoms with Crippen molar-refractivity contribution in [1.82, 2.24) is 4.90 Å². The number of carbonyl (C=O) groups excluding carboxylic acids is 1. The van der Waals surface area contributed by atoms with E-state index in [0.29, 0.717) is 5.75 Å². The Bertz CT molecular complexity index is 974. The number of phenolic OH excluding ortho intramolecular Hbond substituents is 1. The number of nitrogens with one attached hydrogen (secondary N) is 1. The Hall–Kier alpha value is -2.75. The number of anilines is 1. The Morgan fingerprint density at radius 3 is 2.06 bits per heavy atom.